The van der Waals surface area contributed by atoms with Crippen molar-refractivity contribution in [2.75, 3.05) is 20.8 Å². The molecule has 0 aliphatic carbocycles. The SMILES string of the molecule is CNC(=O)C(C)N(Cc1ccc(Cl)c(Cl)c1)C(=O)COc1ccccc1OC. The largest absolute Gasteiger partial charge is 0.493 e. The van der Waals surface area contributed by atoms with E-state index in [-0.39, 0.29) is 25.0 Å². The Morgan fingerprint density at radius 3 is 2.39 bits per heavy atom. The van der Waals surface area contributed by atoms with Crippen LogP contribution in [0, 0.1) is 0 Å². The van der Waals surface area contributed by atoms with E-state index in [4.69, 9.17) is 32.7 Å². The van der Waals surface area contributed by atoms with Crippen molar-refractivity contribution in [3.63, 3.8) is 0 Å². The van der Waals surface area contributed by atoms with Gasteiger partial charge < -0.3 is 19.7 Å². The van der Waals surface area contributed by atoms with Crippen LogP contribution < -0.4 is 14.8 Å². The Balaban J connectivity index is 2.18. The summed E-state index contributed by atoms with van der Waals surface area (Å²) in [7, 11) is 3.04. The Morgan fingerprint density at radius 1 is 1.11 bits per heavy atom. The molecule has 0 bridgehead atoms. The standard InChI is InChI=1S/C20H22Cl2N2O4/c1-13(20(26)23-2)24(11-14-8-9-15(21)16(22)10-14)19(25)12-28-18-7-5-4-6-17(18)27-3/h4-10,13H,11-12H2,1-3H3,(H,23,26). The first kappa shape index (κ1) is 21.9. The number of benzene rings is 2. The summed E-state index contributed by atoms with van der Waals surface area (Å²) in [6.07, 6.45) is 0. The first-order valence-corrected chi connectivity index (χ1v) is 9.33. The van der Waals surface area contributed by atoms with E-state index in [9.17, 15) is 9.59 Å². The van der Waals surface area contributed by atoms with Gasteiger partial charge in [0.15, 0.2) is 18.1 Å². The summed E-state index contributed by atoms with van der Waals surface area (Å²) in [5, 5.41) is 3.36. The van der Waals surface area contributed by atoms with E-state index in [0.717, 1.165) is 5.56 Å². The predicted molar refractivity (Wildman–Crippen MR) is 109 cm³/mol. The highest BCUT2D eigenvalue weighted by molar-refractivity contribution is 6.42. The third-order valence-electron chi connectivity index (χ3n) is 4.17. The normalized spacial score (nSPS) is 11.5. The van der Waals surface area contributed by atoms with Crippen molar-refractivity contribution in [1.29, 1.82) is 0 Å². The molecule has 6 nitrogen and oxygen atoms in total. The van der Waals surface area contributed by atoms with Crippen LogP contribution >= 0.6 is 23.2 Å². The average Bonchev–Trinajstić information content (AvgIpc) is 2.71. The smallest absolute Gasteiger partial charge is 0.261 e. The van der Waals surface area contributed by atoms with Gasteiger partial charge in [-0.15, -0.1) is 0 Å². The second kappa shape index (κ2) is 10.2. The number of carbonyl (C=O) groups excluding carboxylic acids is 2. The zero-order valence-electron chi connectivity index (χ0n) is 15.9. The lowest BCUT2D eigenvalue weighted by Crippen LogP contribution is -2.48. The monoisotopic (exact) mass is 424 g/mol. The maximum atomic E-state index is 12.9. The molecule has 0 aliphatic heterocycles. The number of ether oxygens (including phenoxy) is 2. The van der Waals surface area contributed by atoms with Crippen molar-refractivity contribution in [2.24, 2.45) is 0 Å². The van der Waals surface area contributed by atoms with Crippen molar-refractivity contribution in [3.8, 4) is 11.5 Å². The summed E-state index contributed by atoms with van der Waals surface area (Å²) in [5.74, 6) is 0.324. The van der Waals surface area contributed by atoms with Gasteiger partial charge in [0.1, 0.15) is 6.04 Å². The van der Waals surface area contributed by atoms with Gasteiger partial charge in [0.2, 0.25) is 5.91 Å². The van der Waals surface area contributed by atoms with Crippen LogP contribution in [0.1, 0.15) is 12.5 Å². The molecule has 0 saturated carbocycles. The molecule has 0 saturated heterocycles. The number of rotatable bonds is 8. The van der Waals surface area contributed by atoms with E-state index in [1.165, 1.54) is 19.1 Å². The van der Waals surface area contributed by atoms with Crippen molar-refractivity contribution in [1.82, 2.24) is 10.2 Å². The molecule has 0 radical (unpaired) electrons. The molecule has 0 aromatic heterocycles. The first-order chi connectivity index (χ1) is 13.4. The zero-order chi connectivity index (χ0) is 20.7. The maximum absolute atomic E-state index is 12.9. The summed E-state index contributed by atoms with van der Waals surface area (Å²) in [5.41, 5.74) is 0.746. The molecule has 1 atom stereocenters. The van der Waals surface area contributed by atoms with Crippen molar-refractivity contribution >= 4 is 35.0 Å². The molecule has 0 fully saturated rings. The van der Waals surface area contributed by atoms with Gasteiger partial charge in [-0.05, 0) is 36.8 Å². The summed E-state index contributed by atoms with van der Waals surface area (Å²) in [6, 6.07) is 11.4. The fraction of sp³-hybridized carbons (Fsp3) is 0.300. The van der Waals surface area contributed by atoms with Crippen LogP contribution in [0.3, 0.4) is 0 Å². The third kappa shape index (κ3) is 5.53. The van der Waals surface area contributed by atoms with Crippen molar-refractivity contribution in [3.05, 3.63) is 58.1 Å². The Bertz CT molecular complexity index is 845. The Kier molecular flexibility index (Phi) is 7.96. The quantitative estimate of drug-likeness (QED) is 0.703. The van der Waals surface area contributed by atoms with E-state index in [0.29, 0.717) is 21.5 Å². The van der Waals surface area contributed by atoms with Crippen LogP contribution in [0.4, 0.5) is 0 Å². The van der Waals surface area contributed by atoms with Gasteiger partial charge in [0.25, 0.3) is 5.91 Å². The van der Waals surface area contributed by atoms with Crippen LogP contribution in [0.2, 0.25) is 10.0 Å². The number of halogens is 2. The van der Waals surface area contributed by atoms with E-state index < -0.39 is 6.04 Å². The Labute approximate surface area is 174 Å². The molecule has 0 heterocycles. The van der Waals surface area contributed by atoms with Gasteiger partial charge in [0, 0.05) is 13.6 Å². The number of amides is 2. The minimum Gasteiger partial charge on any atom is -0.493 e. The Hall–Kier alpha value is -2.44. The number of hydrogen-bond donors (Lipinski definition) is 1. The lowest BCUT2D eigenvalue weighted by molar-refractivity contribution is -0.142. The fourth-order valence-corrected chi connectivity index (χ4v) is 2.91. The second-order valence-corrected chi connectivity index (χ2v) is 6.81. The van der Waals surface area contributed by atoms with Crippen molar-refractivity contribution < 1.29 is 19.1 Å². The lowest BCUT2D eigenvalue weighted by Gasteiger charge is -2.28. The number of nitrogens with zero attached hydrogens (tertiary/aromatic N) is 1. The molecule has 1 unspecified atom stereocenters. The highest BCUT2D eigenvalue weighted by Gasteiger charge is 2.26. The van der Waals surface area contributed by atoms with Crippen LogP contribution in [0.15, 0.2) is 42.5 Å². The van der Waals surface area contributed by atoms with Crippen molar-refractivity contribution in [2.45, 2.75) is 19.5 Å². The first-order valence-electron chi connectivity index (χ1n) is 8.58. The third-order valence-corrected chi connectivity index (χ3v) is 4.91. The Morgan fingerprint density at radius 2 is 1.79 bits per heavy atom. The molecule has 2 aromatic carbocycles. The second-order valence-electron chi connectivity index (χ2n) is 6.00. The van der Waals surface area contributed by atoms with E-state index in [2.05, 4.69) is 5.32 Å². The number of para-hydroxylation sites is 2. The summed E-state index contributed by atoms with van der Waals surface area (Å²) >= 11 is 12.0. The summed E-state index contributed by atoms with van der Waals surface area (Å²) < 4.78 is 10.8. The maximum Gasteiger partial charge on any atom is 0.261 e. The molecule has 2 amide bonds. The molecule has 150 valence electrons. The average molecular weight is 425 g/mol. The number of nitrogens with one attached hydrogen (secondary N) is 1. The van der Waals surface area contributed by atoms with Gasteiger partial charge >= 0.3 is 0 Å². The molecule has 28 heavy (non-hydrogen) atoms. The predicted octanol–water partition coefficient (Wildman–Crippen LogP) is 3.54. The molecule has 0 spiro atoms. The van der Waals surface area contributed by atoms with Gasteiger partial charge in [0.05, 0.1) is 17.2 Å². The fourth-order valence-electron chi connectivity index (χ4n) is 2.59. The highest BCUT2D eigenvalue weighted by Crippen LogP contribution is 2.26. The van der Waals surface area contributed by atoms with E-state index >= 15 is 0 Å². The molecular weight excluding hydrogens is 403 g/mol. The minimum absolute atomic E-state index is 0.180. The van der Waals surface area contributed by atoms with Crippen LogP contribution in [-0.4, -0.2) is 43.5 Å². The summed E-state index contributed by atoms with van der Waals surface area (Å²) in [4.78, 5) is 26.4. The van der Waals surface area contributed by atoms with Gasteiger partial charge in [-0.3, -0.25) is 9.59 Å². The molecule has 1 N–H and O–H groups in total. The van der Waals surface area contributed by atoms with Crippen LogP contribution in [0.25, 0.3) is 0 Å². The topological polar surface area (TPSA) is 67.9 Å². The van der Waals surface area contributed by atoms with E-state index in [1.54, 1.807) is 49.4 Å². The molecular formula is C20H22Cl2N2O4. The number of likely N-dealkylation sites (N-methyl/N-ethyl adjacent to an activating group) is 1. The number of hydrogen-bond acceptors (Lipinski definition) is 4. The van der Waals surface area contributed by atoms with Gasteiger partial charge in [-0.1, -0.05) is 41.4 Å². The molecule has 0 aliphatic rings. The van der Waals surface area contributed by atoms with Gasteiger partial charge in [-0.25, -0.2) is 0 Å². The zero-order valence-corrected chi connectivity index (χ0v) is 17.4. The van der Waals surface area contributed by atoms with E-state index in [1.807, 2.05) is 0 Å². The van der Waals surface area contributed by atoms with Crippen LogP contribution in [-0.2, 0) is 16.1 Å². The lowest BCUT2D eigenvalue weighted by atomic mass is 10.1. The highest BCUT2D eigenvalue weighted by atomic mass is 35.5. The molecule has 8 heteroatoms. The van der Waals surface area contributed by atoms with Gasteiger partial charge in [-0.2, -0.15) is 0 Å². The minimum atomic E-state index is -0.701. The van der Waals surface area contributed by atoms with Crippen LogP contribution in [0.5, 0.6) is 11.5 Å². The summed E-state index contributed by atoms with van der Waals surface area (Å²) in [6.45, 7) is 1.58. The number of carbonyl (C=O) groups is 2. The molecule has 2 rings (SSSR count). The number of methoxy groups -OCH3 is 1. The molecule has 2 aromatic rings.